The number of aliphatic hydroxyl groups excluding tert-OH is 1. The Bertz CT molecular complexity index is 897. The molecule has 30 heavy (non-hydrogen) atoms. The van der Waals surface area contributed by atoms with Gasteiger partial charge in [0.05, 0.1) is 17.7 Å². The van der Waals surface area contributed by atoms with Gasteiger partial charge in [0.2, 0.25) is 0 Å². The molecular weight excluding hydrogens is 383 g/mol. The fourth-order valence-electron chi connectivity index (χ4n) is 5.62. The van der Waals surface area contributed by atoms with E-state index in [-0.39, 0.29) is 23.4 Å². The molecule has 0 radical (unpaired) electrons. The number of amides is 1. The zero-order chi connectivity index (χ0) is 20.7. The van der Waals surface area contributed by atoms with Gasteiger partial charge in [0.25, 0.3) is 5.91 Å². The molecule has 2 aromatic rings. The van der Waals surface area contributed by atoms with Crippen LogP contribution < -0.4 is 5.32 Å². The van der Waals surface area contributed by atoms with E-state index >= 15 is 0 Å². The Hall–Kier alpha value is -2.25. The van der Waals surface area contributed by atoms with Crippen LogP contribution in [0.1, 0.15) is 53.6 Å². The molecule has 2 saturated heterocycles. The van der Waals surface area contributed by atoms with E-state index in [9.17, 15) is 14.3 Å². The predicted molar refractivity (Wildman–Crippen MR) is 111 cm³/mol. The second-order valence-corrected chi connectivity index (χ2v) is 9.09. The number of nitrogens with zero attached hydrogens (tertiary/aromatic N) is 3. The molecule has 4 atom stereocenters. The Kier molecular flexibility index (Phi) is 5.33. The fourth-order valence-corrected chi connectivity index (χ4v) is 5.62. The van der Waals surface area contributed by atoms with Crippen molar-refractivity contribution in [2.24, 2.45) is 11.8 Å². The molecule has 0 spiro atoms. The summed E-state index contributed by atoms with van der Waals surface area (Å²) in [4.78, 5) is 15.0. The van der Waals surface area contributed by atoms with E-state index in [4.69, 9.17) is 0 Å². The first-order valence-corrected chi connectivity index (χ1v) is 11.1. The second-order valence-electron chi connectivity index (χ2n) is 9.09. The lowest BCUT2D eigenvalue weighted by atomic mass is 9.77. The fraction of sp³-hybridized carbons (Fsp3) is 0.565. The van der Waals surface area contributed by atoms with E-state index in [1.165, 1.54) is 6.07 Å². The highest BCUT2D eigenvalue weighted by molar-refractivity contribution is 5.95. The first-order chi connectivity index (χ1) is 14.6. The molecule has 0 bridgehead atoms. The van der Waals surface area contributed by atoms with Gasteiger partial charge in [0.15, 0.2) is 0 Å². The van der Waals surface area contributed by atoms with E-state index in [2.05, 4.69) is 10.4 Å². The third-order valence-electron chi connectivity index (χ3n) is 7.29. The molecule has 5 rings (SSSR count). The first-order valence-electron chi connectivity index (χ1n) is 11.1. The van der Waals surface area contributed by atoms with Crippen molar-refractivity contribution in [3.8, 4) is 0 Å². The summed E-state index contributed by atoms with van der Waals surface area (Å²) in [6, 6.07) is 6.86. The first kappa shape index (κ1) is 19.7. The number of benzene rings is 1. The Morgan fingerprint density at radius 3 is 2.67 bits per heavy atom. The van der Waals surface area contributed by atoms with Crippen LogP contribution in [0.5, 0.6) is 0 Å². The van der Waals surface area contributed by atoms with E-state index in [1.54, 1.807) is 17.2 Å². The van der Waals surface area contributed by atoms with Crippen molar-refractivity contribution in [3.63, 3.8) is 0 Å². The summed E-state index contributed by atoms with van der Waals surface area (Å²) in [5.74, 6) is 0.281. The smallest absolute Gasteiger partial charge is 0.256 e. The van der Waals surface area contributed by atoms with Crippen molar-refractivity contribution < 1.29 is 14.3 Å². The average molecular weight is 413 g/mol. The molecule has 0 unspecified atom stereocenters. The van der Waals surface area contributed by atoms with Crippen molar-refractivity contribution in [1.82, 2.24) is 20.0 Å². The van der Waals surface area contributed by atoms with Crippen molar-refractivity contribution in [1.29, 1.82) is 0 Å². The highest BCUT2D eigenvalue weighted by atomic mass is 19.1. The molecule has 1 amide bonds. The number of nitrogens with one attached hydrogen (secondary N) is 1. The van der Waals surface area contributed by atoms with Gasteiger partial charge in [-0.05, 0) is 80.3 Å². The maximum absolute atomic E-state index is 14.6. The standard InChI is InChI=1S/C23H29FN4O2/c24-20-3-2-16(15-4-7-25-8-5-15)10-19(20)23(30)27-13-17-11-21(28-9-1-6-26-28)22(29)12-18(17)14-27/h1-3,6,9-10,15,17-18,21-22,25,29H,4-5,7-8,11-14H2/t17-,18+,21-,22-/m1/s1. The highest BCUT2D eigenvalue weighted by Crippen LogP contribution is 2.41. The minimum absolute atomic E-state index is 0.0590. The summed E-state index contributed by atoms with van der Waals surface area (Å²) < 4.78 is 16.4. The third kappa shape index (κ3) is 3.65. The largest absolute Gasteiger partial charge is 0.391 e. The molecule has 1 aliphatic carbocycles. The molecule has 1 aromatic heterocycles. The number of aliphatic hydroxyl groups is 1. The number of fused-ring (bicyclic) bond motifs is 1. The number of hydrogen-bond acceptors (Lipinski definition) is 4. The number of carbonyl (C=O) groups is 1. The van der Waals surface area contributed by atoms with Gasteiger partial charge in [-0.15, -0.1) is 0 Å². The summed E-state index contributed by atoms with van der Waals surface area (Å²) >= 11 is 0. The van der Waals surface area contributed by atoms with E-state index < -0.39 is 11.9 Å². The second kappa shape index (κ2) is 8.12. The van der Waals surface area contributed by atoms with Crippen LogP contribution >= 0.6 is 0 Å². The molecule has 2 N–H and O–H groups in total. The molecule has 1 aromatic carbocycles. The molecule has 3 fully saturated rings. The van der Waals surface area contributed by atoms with Crippen LogP contribution in [0, 0.1) is 17.7 Å². The van der Waals surface area contributed by atoms with Gasteiger partial charge in [-0.25, -0.2) is 4.39 Å². The molecule has 1 saturated carbocycles. The summed E-state index contributed by atoms with van der Waals surface area (Å²) in [5, 5.41) is 18.3. The molecule has 3 aliphatic rings. The summed E-state index contributed by atoms with van der Waals surface area (Å²) in [5.41, 5.74) is 1.25. The van der Waals surface area contributed by atoms with Crippen LogP contribution in [-0.2, 0) is 0 Å². The van der Waals surface area contributed by atoms with Gasteiger partial charge in [-0.1, -0.05) is 6.07 Å². The van der Waals surface area contributed by atoms with Crippen molar-refractivity contribution in [2.45, 2.75) is 43.7 Å². The van der Waals surface area contributed by atoms with Crippen LogP contribution in [0.3, 0.4) is 0 Å². The van der Waals surface area contributed by atoms with Gasteiger partial charge in [0.1, 0.15) is 5.82 Å². The quantitative estimate of drug-likeness (QED) is 0.813. The van der Waals surface area contributed by atoms with E-state index in [1.807, 2.05) is 23.0 Å². The van der Waals surface area contributed by atoms with Crippen LogP contribution in [0.4, 0.5) is 4.39 Å². The SMILES string of the molecule is O=C(c1cc(C2CCNCC2)ccc1F)N1C[C@H]2C[C@@H](n3cccn3)[C@H](O)C[C@H]2C1. The highest BCUT2D eigenvalue weighted by Gasteiger charge is 2.44. The van der Waals surface area contributed by atoms with E-state index in [0.29, 0.717) is 31.3 Å². The summed E-state index contributed by atoms with van der Waals surface area (Å²) in [6.07, 6.45) is 6.60. The lowest BCUT2D eigenvalue weighted by Crippen LogP contribution is -2.36. The number of rotatable bonds is 3. The number of likely N-dealkylation sites (tertiary alicyclic amines) is 1. The van der Waals surface area contributed by atoms with Crippen molar-refractivity contribution in [2.75, 3.05) is 26.2 Å². The number of carbonyl (C=O) groups excluding carboxylic acids is 1. The van der Waals surface area contributed by atoms with Gasteiger partial charge in [0, 0.05) is 25.5 Å². The molecular formula is C23H29FN4O2. The zero-order valence-electron chi connectivity index (χ0n) is 17.1. The maximum atomic E-state index is 14.6. The number of hydrogen-bond donors (Lipinski definition) is 2. The minimum atomic E-state index is -0.471. The van der Waals surface area contributed by atoms with Crippen LogP contribution in [0.2, 0.25) is 0 Å². The lowest BCUT2D eigenvalue weighted by Gasteiger charge is -2.35. The van der Waals surface area contributed by atoms with Gasteiger partial charge in [-0.2, -0.15) is 5.10 Å². The summed E-state index contributed by atoms with van der Waals surface area (Å²) in [6.45, 7) is 3.12. The van der Waals surface area contributed by atoms with E-state index in [0.717, 1.165) is 37.9 Å². The monoisotopic (exact) mass is 412 g/mol. The Morgan fingerprint density at radius 1 is 1.17 bits per heavy atom. The van der Waals surface area contributed by atoms with Crippen LogP contribution in [0.15, 0.2) is 36.7 Å². The lowest BCUT2D eigenvalue weighted by molar-refractivity contribution is 0.0306. The molecule has 2 aliphatic heterocycles. The normalized spacial score (nSPS) is 29.7. The zero-order valence-corrected chi connectivity index (χ0v) is 17.1. The molecule has 7 heteroatoms. The average Bonchev–Trinajstić information content (AvgIpc) is 3.43. The van der Waals surface area contributed by atoms with Gasteiger partial charge < -0.3 is 15.3 Å². The van der Waals surface area contributed by atoms with Crippen molar-refractivity contribution >= 4 is 5.91 Å². The molecule has 160 valence electrons. The topological polar surface area (TPSA) is 70.4 Å². The minimum Gasteiger partial charge on any atom is -0.391 e. The Balaban J connectivity index is 1.32. The van der Waals surface area contributed by atoms with Gasteiger partial charge in [-0.3, -0.25) is 9.48 Å². The van der Waals surface area contributed by atoms with Crippen LogP contribution in [0.25, 0.3) is 0 Å². The Morgan fingerprint density at radius 2 is 1.93 bits per heavy atom. The molecule has 6 nitrogen and oxygen atoms in total. The molecule has 3 heterocycles. The third-order valence-corrected chi connectivity index (χ3v) is 7.29. The predicted octanol–water partition coefficient (Wildman–Crippen LogP) is 2.57. The number of piperidine rings is 1. The Labute approximate surface area is 176 Å². The number of halogens is 1. The summed E-state index contributed by atoms with van der Waals surface area (Å²) in [7, 11) is 0. The van der Waals surface area contributed by atoms with Crippen molar-refractivity contribution in [3.05, 3.63) is 53.6 Å². The number of aromatic nitrogens is 2. The van der Waals surface area contributed by atoms with Gasteiger partial charge >= 0.3 is 0 Å². The van der Waals surface area contributed by atoms with Crippen LogP contribution in [-0.4, -0.2) is 58.0 Å². The maximum Gasteiger partial charge on any atom is 0.256 e.